The van der Waals surface area contributed by atoms with Crippen LogP contribution in [0.4, 0.5) is 4.79 Å². The lowest BCUT2D eigenvalue weighted by Gasteiger charge is -2.22. The van der Waals surface area contributed by atoms with Crippen molar-refractivity contribution in [3.63, 3.8) is 0 Å². The average Bonchev–Trinajstić information content (AvgIpc) is 2.14. The molecule has 1 heterocycles. The van der Waals surface area contributed by atoms with Gasteiger partial charge >= 0.3 is 6.09 Å². The fourth-order valence-electron chi connectivity index (χ4n) is 1.16. The van der Waals surface area contributed by atoms with Crippen LogP contribution in [0.25, 0.3) is 0 Å². The van der Waals surface area contributed by atoms with Gasteiger partial charge < -0.3 is 19.9 Å². The van der Waals surface area contributed by atoms with Crippen molar-refractivity contribution in [1.82, 2.24) is 0 Å². The van der Waals surface area contributed by atoms with Crippen LogP contribution >= 0.6 is 0 Å². The van der Waals surface area contributed by atoms with E-state index in [1.807, 2.05) is 0 Å². The lowest BCUT2D eigenvalue weighted by Crippen LogP contribution is -2.25. The van der Waals surface area contributed by atoms with Crippen molar-refractivity contribution < 1.29 is 19.0 Å². The van der Waals surface area contributed by atoms with Gasteiger partial charge in [0.1, 0.15) is 6.61 Å². The molecule has 1 aliphatic rings. The molecule has 1 unspecified atom stereocenters. The number of amides is 1. The zero-order valence-electron chi connectivity index (χ0n) is 7.53. The summed E-state index contributed by atoms with van der Waals surface area (Å²) in [5, 5.41) is 0. The van der Waals surface area contributed by atoms with E-state index in [2.05, 4.69) is 4.74 Å². The Balaban J connectivity index is 1.95. The second kappa shape index (κ2) is 5.77. The summed E-state index contributed by atoms with van der Waals surface area (Å²) in [6.07, 6.45) is 2.23. The monoisotopic (exact) mass is 189 g/mol. The molecule has 0 spiro atoms. The second-order valence-electron chi connectivity index (χ2n) is 2.83. The van der Waals surface area contributed by atoms with Crippen LogP contribution in [-0.2, 0) is 14.2 Å². The molecule has 5 heteroatoms. The molecule has 1 fully saturated rings. The first kappa shape index (κ1) is 10.3. The maximum absolute atomic E-state index is 10.2. The standard InChI is InChI=1S/C8H15NO4/c9-8(10)13-6-5-12-7-3-1-2-4-11-7/h7H,1-6H2,(H2,9,10). The number of carbonyl (C=O) groups excluding carboxylic acids is 1. The topological polar surface area (TPSA) is 70.8 Å². The number of hydrogen-bond acceptors (Lipinski definition) is 4. The van der Waals surface area contributed by atoms with Gasteiger partial charge in [-0.3, -0.25) is 0 Å². The summed E-state index contributed by atoms with van der Waals surface area (Å²) < 4.78 is 15.1. The van der Waals surface area contributed by atoms with E-state index in [1.54, 1.807) is 0 Å². The summed E-state index contributed by atoms with van der Waals surface area (Å²) in [5.41, 5.74) is 4.76. The molecule has 0 aromatic carbocycles. The molecule has 13 heavy (non-hydrogen) atoms. The van der Waals surface area contributed by atoms with Crippen molar-refractivity contribution in [3.05, 3.63) is 0 Å². The Labute approximate surface area is 77.1 Å². The number of primary amides is 1. The van der Waals surface area contributed by atoms with Gasteiger partial charge in [0.05, 0.1) is 6.61 Å². The minimum Gasteiger partial charge on any atom is -0.447 e. The molecule has 5 nitrogen and oxygen atoms in total. The Bertz CT molecular complexity index is 156. The molecular formula is C8H15NO4. The summed E-state index contributed by atoms with van der Waals surface area (Å²) in [6, 6.07) is 0. The van der Waals surface area contributed by atoms with Gasteiger partial charge in [-0.2, -0.15) is 0 Å². The second-order valence-corrected chi connectivity index (χ2v) is 2.83. The Morgan fingerprint density at radius 2 is 2.31 bits per heavy atom. The normalized spacial score (nSPS) is 22.6. The molecule has 2 N–H and O–H groups in total. The van der Waals surface area contributed by atoms with Crippen LogP contribution in [0.3, 0.4) is 0 Å². The van der Waals surface area contributed by atoms with Crippen LogP contribution in [0.5, 0.6) is 0 Å². The van der Waals surface area contributed by atoms with Crippen molar-refractivity contribution in [2.24, 2.45) is 5.73 Å². The lowest BCUT2D eigenvalue weighted by atomic mass is 10.2. The van der Waals surface area contributed by atoms with Crippen LogP contribution in [0.1, 0.15) is 19.3 Å². The maximum atomic E-state index is 10.2. The fourth-order valence-corrected chi connectivity index (χ4v) is 1.16. The van der Waals surface area contributed by atoms with E-state index in [0.717, 1.165) is 25.9 Å². The van der Waals surface area contributed by atoms with Gasteiger partial charge in [0.15, 0.2) is 6.29 Å². The van der Waals surface area contributed by atoms with Crippen LogP contribution < -0.4 is 5.73 Å². The van der Waals surface area contributed by atoms with Gasteiger partial charge in [-0.1, -0.05) is 0 Å². The van der Waals surface area contributed by atoms with Crippen LogP contribution in [-0.4, -0.2) is 32.2 Å². The van der Waals surface area contributed by atoms with E-state index < -0.39 is 6.09 Å². The largest absolute Gasteiger partial charge is 0.447 e. The zero-order chi connectivity index (χ0) is 9.52. The van der Waals surface area contributed by atoms with Crippen molar-refractivity contribution >= 4 is 6.09 Å². The molecule has 0 aliphatic carbocycles. The summed E-state index contributed by atoms with van der Waals surface area (Å²) in [7, 11) is 0. The third-order valence-corrected chi connectivity index (χ3v) is 1.77. The Morgan fingerprint density at radius 3 is 2.92 bits per heavy atom. The lowest BCUT2D eigenvalue weighted by molar-refractivity contribution is -0.166. The number of nitrogens with two attached hydrogens (primary N) is 1. The van der Waals surface area contributed by atoms with Gasteiger partial charge in [-0.05, 0) is 19.3 Å². The first-order chi connectivity index (χ1) is 6.29. The number of hydrogen-bond donors (Lipinski definition) is 1. The fraction of sp³-hybridized carbons (Fsp3) is 0.875. The molecule has 0 bridgehead atoms. The number of carbonyl (C=O) groups is 1. The van der Waals surface area contributed by atoms with Crippen molar-refractivity contribution in [1.29, 1.82) is 0 Å². The molecule has 1 aliphatic heterocycles. The summed E-state index contributed by atoms with van der Waals surface area (Å²) in [4.78, 5) is 10.2. The molecule has 76 valence electrons. The zero-order valence-corrected chi connectivity index (χ0v) is 7.53. The summed E-state index contributed by atoms with van der Waals surface area (Å²) in [5.74, 6) is 0. The van der Waals surface area contributed by atoms with E-state index in [1.165, 1.54) is 0 Å². The highest BCUT2D eigenvalue weighted by atomic mass is 16.7. The highest BCUT2D eigenvalue weighted by Crippen LogP contribution is 2.13. The summed E-state index contributed by atoms with van der Waals surface area (Å²) in [6.45, 7) is 1.28. The predicted molar refractivity (Wildman–Crippen MR) is 45.1 cm³/mol. The summed E-state index contributed by atoms with van der Waals surface area (Å²) >= 11 is 0. The Morgan fingerprint density at radius 1 is 1.46 bits per heavy atom. The highest BCUT2D eigenvalue weighted by molar-refractivity contribution is 5.64. The number of ether oxygens (including phenoxy) is 3. The third-order valence-electron chi connectivity index (χ3n) is 1.77. The van der Waals surface area contributed by atoms with Gasteiger partial charge in [0, 0.05) is 6.61 Å². The molecule has 0 radical (unpaired) electrons. The molecular weight excluding hydrogens is 174 g/mol. The Kier molecular flexibility index (Phi) is 4.56. The maximum Gasteiger partial charge on any atom is 0.404 e. The highest BCUT2D eigenvalue weighted by Gasteiger charge is 2.13. The van der Waals surface area contributed by atoms with E-state index in [9.17, 15) is 4.79 Å². The van der Waals surface area contributed by atoms with Gasteiger partial charge in [-0.15, -0.1) is 0 Å². The molecule has 1 atom stereocenters. The molecule has 1 amide bonds. The molecule has 0 aromatic rings. The molecule has 0 saturated carbocycles. The van der Waals surface area contributed by atoms with E-state index in [0.29, 0.717) is 6.61 Å². The van der Waals surface area contributed by atoms with E-state index >= 15 is 0 Å². The van der Waals surface area contributed by atoms with Gasteiger partial charge in [0.25, 0.3) is 0 Å². The minimum atomic E-state index is -0.770. The van der Waals surface area contributed by atoms with Crippen molar-refractivity contribution in [2.45, 2.75) is 25.6 Å². The third kappa shape index (κ3) is 4.69. The Hall–Kier alpha value is -0.810. The van der Waals surface area contributed by atoms with E-state index in [4.69, 9.17) is 15.2 Å². The van der Waals surface area contributed by atoms with Gasteiger partial charge in [-0.25, -0.2) is 4.79 Å². The number of rotatable bonds is 4. The SMILES string of the molecule is NC(=O)OCCOC1CCCCO1. The first-order valence-electron chi connectivity index (χ1n) is 4.44. The first-order valence-corrected chi connectivity index (χ1v) is 4.44. The van der Waals surface area contributed by atoms with Crippen LogP contribution in [0.2, 0.25) is 0 Å². The van der Waals surface area contributed by atoms with Crippen LogP contribution in [0.15, 0.2) is 0 Å². The minimum absolute atomic E-state index is 0.134. The van der Waals surface area contributed by atoms with Crippen LogP contribution in [0, 0.1) is 0 Å². The smallest absolute Gasteiger partial charge is 0.404 e. The van der Waals surface area contributed by atoms with E-state index in [-0.39, 0.29) is 12.9 Å². The average molecular weight is 189 g/mol. The molecule has 1 rings (SSSR count). The molecule has 1 saturated heterocycles. The van der Waals surface area contributed by atoms with Crippen molar-refractivity contribution in [3.8, 4) is 0 Å². The van der Waals surface area contributed by atoms with Crippen molar-refractivity contribution in [2.75, 3.05) is 19.8 Å². The predicted octanol–water partition coefficient (Wildman–Crippen LogP) is 0.625. The van der Waals surface area contributed by atoms with Gasteiger partial charge in [0.2, 0.25) is 0 Å². The molecule has 0 aromatic heterocycles. The quantitative estimate of drug-likeness (QED) is 0.658.